The van der Waals surface area contributed by atoms with E-state index in [4.69, 9.17) is 5.26 Å². The lowest BCUT2D eigenvalue weighted by Crippen LogP contribution is -1.89. The highest BCUT2D eigenvalue weighted by molar-refractivity contribution is 8.03. The zero-order valence-corrected chi connectivity index (χ0v) is 14.0. The Kier molecular flexibility index (Phi) is 6.52. The van der Waals surface area contributed by atoms with E-state index in [1.54, 1.807) is 17.2 Å². The Balaban J connectivity index is 2.17. The van der Waals surface area contributed by atoms with Crippen LogP contribution in [0.3, 0.4) is 0 Å². The van der Waals surface area contributed by atoms with Crippen LogP contribution in [0.4, 0.5) is 8.78 Å². The van der Waals surface area contributed by atoms with Gasteiger partial charge in [-0.15, -0.1) is 11.8 Å². The van der Waals surface area contributed by atoms with E-state index >= 15 is 0 Å². The zero-order chi connectivity index (χ0) is 16.7. The van der Waals surface area contributed by atoms with Crippen LogP contribution in [0.1, 0.15) is 24.5 Å². The van der Waals surface area contributed by atoms with Crippen LogP contribution in [0.5, 0.6) is 0 Å². The maximum absolute atomic E-state index is 13.7. The first-order chi connectivity index (χ1) is 11.1. The molecule has 0 saturated heterocycles. The van der Waals surface area contributed by atoms with Crippen molar-refractivity contribution in [1.29, 1.82) is 5.26 Å². The summed E-state index contributed by atoms with van der Waals surface area (Å²) < 4.78 is 27.4. The predicted octanol–water partition coefficient (Wildman–Crippen LogP) is 5.44. The van der Waals surface area contributed by atoms with Gasteiger partial charge in [0, 0.05) is 16.0 Å². The van der Waals surface area contributed by atoms with Crippen molar-refractivity contribution >= 4 is 23.5 Å². The van der Waals surface area contributed by atoms with Crippen LogP contribution in [0.15, 0.2) is 46.2 Å². The molecule has 0 aliphatic carbocycles. The molecule has 0 unspecified atom stereocenters. The molecule has 0 fully saturated rings. The maximum Gasteiger partial charge on any atom is 0.142 e. The predicted molar refractivity (Wildman–Crippen MR) is 91.3 cm³/mol. The number of nitriles is 1. The molecule has 23 heavy (non-hydrogen) atoms. The first-order valence-corrected chi connectivity index (χ1v) is 8.74. The number of hydrogen-bond acceptors (Lipinski definition) is 3. The van der Waals surface area contributed by atoms with Gasteiger partial charge in [-0.05, 0) is 60.3 Å². The number of rotatable bonds is 4. The molecule has 2 aromatic rings. The third-order valence-corrected chi connectivity index (χ3v) is 4.73. The number of halogens is 2. The van der Waals surface area contributed by atoms with Gasteiger partial charge >= 0.3 is 0 Å². The topological polar surface area (TPSA) is 23.8 Å². The van der Waals surface area contributed by atoms with Crippen molar-refractivity contribution in [2.45, 2.75) is 23.1 Å². The minimum Gasteiger partial charge on any atom is -0.206 e. The van der Waals surface area contributed by atoms with E-state index in [2.05, 4.69) is 18.8 Å². The number of thiocyanates is 1. The Labute approximate surface area is 143 Å². The van der Waals surface area contributed by atoms with Crippen LogP contribution in [0.25, 0.3) is 0 Å². The molecular weight excluding hydrogens is 332 g/mol. The quantitative estimate of drug-likeness (QED) is 0.419. The Morgan fingerprint density at radius 2 is 1.61 bits per heavy atom. The maximum atomic E-state index is 13.7. The molecule has 0 spiro atoms. The molecule has 0 aliphatic rings. The van der Waals surface area contributed by atoms with Crippen LogP contribution in [0, 0.1) is 34.1 Å². The van der Waals surface area contributed by atoms with Gasteiger partial charge in [-0.3, -0.25) is 0 Å². The lowest BCUT2D eigenvalue weighted by atomic mass is 10.2. The lowest BCUT2D eigenvalue weighted by Gasteiger charge is -2.00. The summed E-state index contributed by atoms with van der Waals surface area (Å²) in [5.41, 5.74) is 1.02. The molecule has 0 atom stereocenters. The fraction of sp³-hybridized carbons (Fsp3) is 0.167. The van der Waals surface area contributed by atoms with E-state index in [1.165, 1.54) is 4.90 Å². The summed E-state index contributed by atoms with van der Waals surface area (Å²) in [4.78, 5) is 0.878. The molecule has 0 N–H and O–H groups in total. The first kappa shape index (κ1) is 17.4. The average Bonchev–Trinajstić information content (AvgIpc) is 2.55. The van der Waals surface area contributed by atoms with Crippen molar-refractivity contribution < 1.29 is 8.78 Å². The Bertz CT molecular complexity index is 760. The number of benzene rings is 2. The van der Waals surface area contributed by atoms with E-state index in [1.807, 2.05) is 24.3 Å². The lowest BCUT2D eigenvalue weighted by molar-refractivity contribution is 0.540. The fourth-order valence-corrected chi connectivity index (χ4v) is 2.95. The van der Waals surface area contributed by atoms with Crippen LogP contribution in [0.2, 0.25) is 0 Å². The highest BCUT2D eigenvalue weighted by Gasteiger charge is 2.10. The summed E-state index contributed by atoms with van der Waals surface area (Å²) in [5.74, 6) is 5.16. The minimum absolute atomic E-state index is 0.242. The van der Waals surface area contributed by atoms with Gasteiger partial charge in [0.1, 0.15) is 17.0 Å². The number of nitrogens with zero attached hydrogens (tertiary/aromatic N) is 1. The third kappa shape index (κ3) is 5.03. The van der Waals surface area contributed by atoms with Crippen LogP contribution in [-0.2, 0) is 0 Å². The van der Waals surface area contributed by atoms with Crippen LogP contribution in [-0.4, -0.2) is 5.75 Å². The van der Waals surface area contributed by atoms with E-state index in [-0.39, 0.29) is 10.5 Å². The van der Waals surface area contributed by atoms with Crippen molar-refractivity contribution in [2.75, 3.05) is 5.75 Å². The van der Waals surface area contributed by atoms with Crippen LogP contribution >= 0.6 is 23.5 Å². The van der Waals surface area contributed by atoms with E-state index in [0.717, 1.165) is 29.9 Å². The van der Waals surface area contributed by atoms with Crippen molar-refractivity contribution in [2.24, 2.45) is 0 Å². The van der Waals surface area contributed by atoms with Crippen molar-refractivity contribution in [3.63, 3.8) is 0 Å². The standard InChI is InChI=1S/C18H13F2NS2/c1-2-9-22-15-7-5-13(6-8-15)3-4-14-10-16(19)18(23-12-21)17(20)11-14/h5-8,10-11H,2,9H2,1H3. The second kappa shape index (κ2) is 8.62. The Morgan fingerprint density at radius 3 is 2.17 bits per heavy atom. The molecule has 2 rings (SSSR count). The second-order valence-electron chi connectivity index (χ2n) is 4.59. The molecular formula is C18H13F2NS2. The summed E-state index contributed by atoms with van der Waals surface area (Å²) in [5, 5.41) is 10.2. The molecule has 0 radical (unpaired) electrons. The molecule has 116 valence electrons. The molecule has 0 bridgehead atoms. The molecule has 0 aromatic heterocycles. The van der Waals surface area contributed by atoms with Gasteiger partial charge in [-0.25, -0.2) is 8.78 Å². The smallest absolute Gasteiger partial charge is 0.142 e. The van der Waals surface area contributed by atoms with Crippen molar-refractivity contribution in [1.82, 2.24) is 0 Å². The molecule has 5 heteroatoms. The van der Waals surface area contributed by atoms with Crippen molar-refractivity contribution in [3.8, 4) is 17.2 Å². The highest BCUT2D eigenvalue weighted by Crippen LogP contribution is 2.25. The first-order valence-electron chi connectivity index (χ1n) is 6.94. The second-order valence-corrected chi connectivity index (χ2v) is 6.55. The molecule has 0 amide bonds. The van der Waals surface area contributed by atoms with E-state index < -0.39 is 11.6 Å². The molecule has 2 aromatic carbocycles. The largest absolute Gasteiger partial charge is 0.206 e. The minimum atomic E-state index is -0.771. The summed E-state index contributed by atoms with van der Waals surface area (Å²) in [6.45, 7) is 2.13. The zero-order valence-electron chi connectivity index (χ0n) is 12.4. The molecule has 0 saturated carbocycles. The molecule has 0 heterocycles. The average molecular weight is 345 g/mol. The van der Waals surface area contributed by atoms with Gasteiger partial charge in [0.2, 0.25) is 0 Å². The van der Waals surface area contributed by atoms with Gasteiger partial charge < -0.3 is 0 Å². The third-order valence-electron chi connectivity index (χ3n) is 2.82. The van der Waals surface area contributed by atoms with Crippen LogP contribution < -0.4 is 0 Å². The summed E-state index contributed by atoms with van der Waals surface area (Å²) in [6.07, 6.45) is 1.11. The fourth-order valence-electron chi connectivity index (χ4n) is 1.77. The Hall–Kier alpha value is -1.95. The van der Waals surface area contributed by atoms with E-state index in [9.17, 15) is 8.78 Å². The number of thioether (sulfide) groups is 2. The summed E-state index contributed by atoms with van der Waals surface area (Å²) in [7, 11) is 0. The van der Waals surface area contributed by atoms with Gasteiger partial charge in [0.25, 0.3) is 0 Å². The SMILES string of the molecule is CCCSc1ccc(C#Cc2cc(F)c(SC#N)c(F)c2)cc1. The van der Waals surface area contributed by atoms with Gasteiger partial charge in [-0.2, -0.15) is 5.26 Å². The summed E-state index contributed by atoms with van der Waals surface area (Å²) >= 11 is 2.24. The van der Waals surface area contributed by atoms with Crippen molar-refractivity contribution in [3.05, 3.63) is 59.2 Å². The molecule has 0 aliphatic heterocycles. The normalized spacial score (nSPS) is 9.83. The number of hydrogen-bond donors (Lipinski definition) is 0. The highest BCUT2D eigenvalue weighted by atomic mass is 32.2. The van der Waals surface area contributed by atoms with Gasteiger partial charge in [-0.1, -0.05) is 18.8 Å². The van der Waals surface area contributed by atoms with Gasteiger partial charge in [0.15, 0.2) is 0 Å². The molecule has 1 nitrogen and oxygen atoms in total. The Morgan fingerprint density at radius 1 is 1.00 bits per heavy atom. The van der Waals surface area contributed by atoms with E-state index in [0.29, 0.717) is 11.8 Å². The monoisotopic (exact) mass is 345 g/mol. The van der Waals surface area contributed by atoms with Gasteiger partial charge in [0.05, 0.1) is 4.90 Å². The summed E-state index contributed by atoms with van der Waals surface area (Å²) in [6, 6.07) is 10.0.